The van der Waals surface area contributed by atoms with Gasteiger partial charge in [0.2, 0.25) is 5.91 Å². The molecule has 0 radical (unpaired) electrons. The SMILES string of the molecule is CSCCC(NC(=O)COc1ccccc1)C(=O)NCc1ccc(F)cc1. The number of amides is 2. The van der Waals surface area contributed by atoms with Gasteiger partial charge >= 0.3 is 0 Å². The van der Waals surface area contributed by atoms with Gasteiger partial charge in [-0.1, -0.05) is 30.3 Å². The number of nitrogens with one attached hydrogen (secondary N) is 2. The topological polar surface area (TPSA) is 67.4 Å². The maximum absolute atomic E-state index is 12.9. The van der Waals surface area contributed by atoms with Crippen LogP contribution >= 0.6 is 11.8 Å². The molecule has 27 heavy (non-hydrogen) atoms. The molecule has 7 heteroatoms. The fraction of sp³-hybridized carbons (Fsp3) is 0.300. The van der Waals surface area contributed by atoms with Gasteiger partial charge < -0.3 is 15.4 Å². The Bertz CT molecular complexity index is 726. The monoisotopic (exact) mass is 390 g/mol. The average Bonchev–Trinajstić information content (AvgIpc) is 2.69. The van der Waals surface area contributed by atoms with E-state index in [0.717, 1.165) is 11.3 Å². The van der Waals surface area contributed by atoms with Gasteiger partial charge in [-0.15, -0.1) is 0 Å². The second-order valence-electron chi connectivity index (χ2n) is 5.85. The van der Waals surface area contributed by atoms with Gasteiger partial charge in [0.25, 0.3) is 5.91 Å². The van der Waals surface area contributed by atoms with E-state index in [1.807, 2.05) is 24.5 Å². The summed E-state index contributed by atoms with van der Waals surface area (Å²) in [5.74, 6) is 0.361. The standard InChI is InChI=1S/C20H23FN2O3S/c1-27-12-11-18(20(25)22-13-15-7-9-16(21)10-8-15)23-19(24)14-26-17-5-3-2-4-6-17/h2-10,18H,11-14H2,1H3,(H,22,25)(H,23,24). The molecule has 0 saturated heterocycles. The minimum Gasteiger partial charge on any atom is -0.484 e. The van der Waals surface area contributed by atoms with Crippen LogP contribution in [0.2, 0.25) is 0 Å². The number of ether oxygens (including phenoxy) is 1. The maximum atomic E-state index is 12.9. The van der Waals surface area contributed by atoms with Gasteiger partial charge in [-0.2, -0.15) is 11.8 Å². The van der Waals surface area contributed by atoms with E-state index in [2.05, 4.69) is 10.6 Å². The number of rotatable bonds is 10. The van der Waals surface area contributed by atoms with E-state index in [9.17, 15) is 14.0 Å². The highest BCUT2D eigenvalue weighted by atomic mass is 32.2. The van der Waals surface area contributed by atoms with Crippen LogP contribution in [0, 0.1) is 5.82 Å². The third kappa shape index (κ3) is 7.70. The second-order valence-corrected chi connectivity index (χ2v) is 6.83. The van der Waals surface area contributed by atoms with E-state index in [1.54, 1.807) is 36.0 Å². The summed E-state index contributed by atoms with van der Waals surface area (Å²) in [5.41, 5.74) is 0.784. The van der Waals surface area contributed by atoms with E-state index >= 15 is 0 Å². The molecule has 2 aromatic carbocycles. The highest BCUT2D eigenvalue weighted by molar-refractivity contribution is 7.98. The van der Waals surface area contributed by atoms with Crippen molar-refractivity contribution >= 4 is 23.6 Å². The summed E-state index contributed by atoms with van der Waals surface area (Å²) in [5, 5.41) is 5.50. The van der Waals surface area contributed by atoms with Gasteiger partial charge in [-0.3, -0.25) is 9.59 Å². The lowest BCUT2D eigenvalue weighted by atomic mass is 10.2. The third-order valence-corrected chi connectivity index (χ3v) is 4.40. The number of para-hydroxylation sites is 1. The zero-order valence-electron chi connectivity index (χ0n) is 15.1. The van der Waals surface area contributed by atoms with Crippen LogP contribution < -0.4 is 15.4 Å². The van der Waals surface area contributed by atoms with Crippen molar-refractivity contribution < 1.29 is 18.7 Å². The van der Waals surface area contributed by atoms with Crippen molar-refractivity contribution in [1.82, 2.24) is 10.6 Å². The molecule has 2 amide bonds. The van der Waals surface area contributed by atoms with Crippen molar-refractivity contribution in [3.05, 3.63) is 66.0 Å². The number of halogens is 1. The molecule has 0 aliphatic carbocycles. The Morgan fingerprint density at radius 1 is 1.11 bits per heavy atom. The van der Waals surface area contributed by atoms with Crippen LogP contribution in [0.25, 0.3) is 0 Å². The number of carbonyl (C=O) groups is 2. The zero-order valence-corrected chi connectivity index (χ0v) is 15.9. The lowest BCUT2D eigenvalue weighted by Crippen LogP contribution is -2.48. The molecule has 5 nitrogen and oxygen atoms in total. The van der Waals surface area contributed by atoms with E-state index in [0.29, 0.717) is 12.2 Å². The average molecular weight is 390 g/mol. The van der Waals surface area contributed by atoms with Crippen molar-refractivity contribution in [2.24, 2.45) is 0 Å². The molecule has 0 aromatic heterocycles. The van der Waals surface area contributed by atoms with Crippen molar-refractivity contribution in [1.29, 1.82) is 0 Å². The number of carbonyl (C=O) groups excluding carboxylic acids is 2. The lowest BCUT2D eigenvalue weighted by Gasteiger charge is -2.18. The van der Waals surface area contributed by atoms with E-state index in [4.69, 9.17) is 4.74 Å². The highest BCUT2D eigenvalue weighted by Gasteiger charge is 2.20. The first-order valence-electron chi connectivity index (χ1n) is 8.57. The van der Waals surface area contributed by atoms with Crippen LogP contribution in [0.15, 0.2) is 54.6 Å². The second kappa shape index (κ2) is 11.2. The molecular weight excluding hydrogens is 367 g/mol. The predicted octanol–water partition coefficient (Wildman–Crippen LogP) is 2.76. The van der Waals surface area contributed by atoms with Gasteiger partial charge in [-0.25, -0.2) is 4.39 Å². The molecule has 0 fully saturated rings. The van der Waals surface area contributed by atoms with Crippen molar-refractivity contribution in [3.63, 3.8) is 0 Å². The fourth-order valence-electron chi connectivity index (χ4n) is 2.32. The molecule has 1 unspecified atom stereocenters. The van der Waals surface area contributed by atoms with Crippen molar-refractivity contribution in [3.8, 4) is 5.75 Å². The summed E-state index contributed by atoms with van der Waals surface area (Å²) >= 11 is 1.60. The molecule has 0 bridgehead atoms. The minimum absolute atomic E-state index is 0.162. The summed E-state index contributed by atoms with van der Waals surface area (Å²) in [6.45, 7) is 0.107. The van der Waals surface area contributed by atoms with Gasteiger partial charge in [0.1, 0.15) is 17.6 Å². The van der Waals surface area contributed by atoms with Gasteiger partial charge in [0.05, 0.1) is 0 Å². The fourth-order valence-corrected chi connectivity index (χ4v) is 2.79. The molecule has 2 aromatic rings. The molecule has 0 heterocycles. The van der Waals surface area contributed by atoms with E-state index in [1.165, 1.54) is 12.1 Å². The van der Waals surface area contributed by atoms with Crippen molar-refractivity contribution in [2.75, 3.05) is 18.6 Å². The molecule has 0 saturated carbocycles. The normalized spacial score (nSPS) is 11.5. The van der Waals surface area contributed by atoms with Gasteiger partial charge in [-0.05, 0) is 48.3 Å². The largest absolute Gasteiger partial charge is 0.484 e. The molecule has 0 aliphatic rings. The highest BCUT2D eigenvalue weighted by Crippen LogP contribution is 2.08. The first kappa shape index (κ1) is 20.8. The third-order valence-electron chi connectivity index (χ3n) is 3.76. The molecular formula is C20H23FN2O3S. The van der Waals surface area contributed by atoms with Crippen LogP contribution in [-0.2, 0) is 16.1 Å². The maximum Gasteiger partial charge on any atom is 0.258 e. The Balaban J connectivity index is 1.85. The van der Waals surface area contributed by atoms with Crippen LogP contribution in [0.3, 0.4) is 0 Å². The number of thioether (sulfide) groups is 1. The van der Waals surface area contributed by atoms with Crippen LogP contribution in [0.4, 0.5) is 4.39 Å². The first-order chi connectivity index (χ1) is 13.1. The zero-order chi connectivity index (χ0) is 19.5. The predicted molar refractivity (Wildman–Crippen MR) is 105 cm³/mol. The number of benzene rings is 2. The Morgan fingerprint density at radius 3 is 2.48 bits per heavy atom. The summed E-state index contributed by atoms with van der Waals surface area (Å²) in [6, 6.07) is 14.3. The number of hydrogen-bond acceptors (Lipinski definition) is 4. The summed E-state index contributed by atoms with van der Waals surface area (Å²) < 4.78 is 18.4. The molecule has 1 atom stereocenters. The molecule has 2 N–H and O–H groups in total. The summed E-state index contributed by atoms with van der Waals surface area (Å²) in [4.78, 5) is 24.6. The van der Waals surface area contributed by atoms with Crippen LogP contribution in [0.1, 0.15) is 12.0 Å². The van der Waals surface area contributed by atoms with Crippen LogP contribution in [0.5, 0.6) is 5.75 Å². The van der Waals surface area contributed by atoms with E-state index < -0.39 is 6.04 Å². The first-order valence-corrected chi connectivity index (χ1v) is 9.96. The smallest absolute Gasteiger partial charge is 0.258 e. The number of hydrogen-bond donors (Lipinski definition) is 2. The molecule has 0 aliphatic heterocycles. The van der Waals surface area contributed by atoms with Crippen molar-refractivity contribution in [2.45, 2.75) is 19.0 Å². The molecule has 2 rings (SSSR count). The van der Waals surface area contributed by atoms with E-state index in [-0.39, 0.29) is 30.8 Å². The van der Waals surface area contributed by atoms with Crippen LogP contribution in [-0.4, -0.2) is 36.5 Å². The van der Waals surface area contributed by atoms with Gasteiger partial charge in [0.15, 0.2) is 6.61 Å². The summed E-state index contributed by atoms with van der Waals surface area (Å²) in [7, 11) is 0. The summed E-state index contributed by atoms with van der Waals surface area (Å²) in [6.07, 6.45) is 2.45. The Morgan fingerprint density at radius 2 is 1.81 bits per heavy atom. The minimum atomic E-state index is -0.648. The lowest BCUT2D eigenvalue weighted by molar-refractivity contribution is -0.130. The Hall–Kier alpha value is -2.54. The quantitative estimate of drug-likeness (QED) is 0.655. The Labute approximate surface area is 162 Å². The molecule has 144 valence electrons. The van der Waals surface area contributed by atoms with Gasteiger partial charge in [0, 0.05) is 6.54 Å². The Kier molecular flexibility index (Phi) is 8.64. The molecule has 0 spiro atoms.